The van der Waals surface area contributed by atoms with Gasteiger partial charge in [0, 0.05) is 53.4 Å². The fourth-order valence-electron chi connectivity index (χ4n) is 7.38. The molecule has 2 aliphatic heterocycles. The van der Waals surface area contributed by atoms with Crippen LogP contribution < -0.4 is 11.3 Å². The number of carbonyl (C=O) groups is 3. The zero-order valence-corrected chi connectivity index (χ0v) is 27.3. The van der Waals surface area contributed by atoms with Gasteiger partial charge in [-0.05, 0) is 92.1 Å². The van der Waals surface area contributed by atoms with E-state index < -0.39 is 11.9 Å². The van der Waals surface area contributed by atoms with Crippen LogP contribution in [0.4, 0.5) is 0 Å². The molecule has 0 atom stereocenters. The lowest BCUT2D eigenvalue weighted by Crippen LogP contribution is -2.66. The highest BCUT2D eigenvalue weighted by molar-refractivity contribution is 6.04. The van der Waals surface area contributed by atoms with Crippen molar-refractivity contribution in [3.05, 3.63) is 41.0 Å². The Balaban J connectivity index is 1.97. The summed E-state index contributed by atoms with van der Waals surface area (Å²) in [5.74, 6) is 5.21. The molecule has 2 fully saturated rings. The van der Waals surface area contributed by atoms with E-state index in [9.17, 15) is 14.4 Å². The summed E-state index contributed by atoms with van der Waals surface area (Å²) in [5, 5.41) is 4.01. The number of benzene rings is 1. The number of esters is 2. The first-order valence-electron chi connectivity index (χ1n) is 15.1. The van der Waals surface area contributed by atoms with E-state index in [1.165, 1.54) is 6.07 Å². The maximum atomic E-state index is 13.8. The molecule has 0 radical (unpaired) electrons. The summed E-state index contributed by atoms with van der Waals surface area (Å²) in [6.07, 6.45) is 3.64. The number of rotatable bonds is 9. The van der Waals surface area contributed by atoms with Crippen LogP contribution >= 0.6 is 0 Å². The van der Waals surface area contributed by atoms with Gasteiger partial charge in [0.1, 0.15) is 12.2 Å². The minimum atomic E-state index is -0.632. The fraction of sp³-hybridized carbons (Fsp3) is 0.667. The summed E-state index contributed by atoms with van der Waals surface area (Å²) in [6.45, 7) is 22.7. The largest absolute Gasteiger partial charge is 0.459 e. The van der Waals surface area contributed by atoms with E-state index in [-0.39, 0.29) is 51.1 Å². The van der Waals surface area contributed by atoms with Crippen molar-refractivity contribution < 1.29 is 23.9 Å². The summed E-state index contributed by atoms with van der Waals surface area (Å²) in [5.41, 5.74) is 3.57. The molecule has 234 valence electrons. The van der Waals surface area contributed by atoms with E-state index in [1.54, 1.807) is 6.07 Å². The molecule has 0 amide bonds. The molecule has 2 aliphatic rings. The van der Waals surface area contributed by atoms with E-state index in [0.29, 0.717) is 49.5 Å². The molecule has 42 heavy (non-hydrogen) atoms. The van der Waals surface area contributed by atoms with Crippen LogP contribution in [0.15, 0.2) is 18.7 Å². The van der Waals surface area contributed by atoms with E-state index in [4.69, 9.17) is 15.3 Å². The highest BCUT2D eigenvalue weighted by atomic mass is 16.5. The van der Waals surface area contributed by atoms with Crippen molar-refractivity contribution in [3.8, 4) is 0 Å². The first-order chi connectivity index (χ1) is 19.3. The number of hydrogen-bond donors (Lipinski definition) is 2. The predicted octanol–water partition coefficient (Wildman–Crippen LogP) is 5.68. The van der Waals surface area contributed by atoms with Crippen molar-refractivity contribution in [3.63, 3.8) is 0 Å². The van der Waals surface area contributed by atoms with Crippen LogP contribution in [0.5, 0.6) is 0 Å². The molecule has 0 saturated carbocycles. The summed E-state index contributed by atoms with van der Waals surface area (Å²) in [7, 11) is 1.89. The number of carbonyl (C=O) groups excluding carboxylic acids is 3. The Kier molecular flexibility index (Phi) is 9.84. The lowest BCUT2D eigenvalue weighted by molar-refractivity contribution is -0.111. The average molecular weight is 585 g/mol. The second-order valence-corrected chi connectivity index (χ2v) is 14.5. The number of nitrogens with two attached hydrogens (primary N) is 1. The molecular formula is C33H52N4O5. The number of hydrazine groups is 2. The molecule has 0 aliphatic carbocycles. The number of piperidine rings is 2. The Morgan fingerprint density at radius 3 is 1.76 bits per heavy atom. The molecule has 3 N–H and O–H groups in total. The van der Waals surface area contributed by atoms with E-state index >= 15 is 0 Å². The molecule has 2 saturated heterocycles. The SMILES string of the molecule is C=C(CCC)c1cc(C=O)c(C(=O)OC2CC(C)(C)N(NC)C(C)(C)C2)cc1C(=O)OC1CC(C)(C)N(N)C(C)(C)C1. The molecular weight excluding hydrogens is 532 g/mol. The van der Waals surface area contributed by atoms with Gasteiger partial charge < -0.3 is 9.47 Å². The number of hydrogen-bond acceptors (Lipinski definition) is 9. The molecule has 0 bridgehead atoms. The van der Waals surface area contributed by atoms with Crippen LogP contribution in [-0.4, -0.2) is 69.7 Å². The highest BCUT2D eigenvalue weighted by Gasteiger charge is 2.47. The van der Waals surface area contributed by atoms with Gasteiger partial charge in [-0.2, -0.15) is 0 Å². The van der Waals surface area contributed by atoms with Crippen LogP contribution in [0.2, 0.25) is 0 Å². The van der Waals surface area contributed by atoms with Gasteiger partial charge in [0.2, 0.25) is 0 Å². The maximum Gasteiger partial charge on any atom is 0.339 e. The van der Waals surface area contributed by atoms with Crippen molar-refractivity contribution in [2.75, 3.05) is 7.05 Å². The summed E-state index contributed by atoms with van der Waals surface area (Å²) in [4.78, 5) is 39.7. The summed E-state index contributed by atoms with van der Waals surface area (Å²) >= 11 is 0. The lowest BCUT2D eigenvalue weighted by atomic mass is 9.79. The Labute approximate surface area is 252 Å². The lowest BCUT2D eigenvalue weighted by Gasteiger charge is -2.54. The minimum Gasteiger partial charge on any atom is -0.459 e. The molecule has 1 aromatic rings. The van der Waals surface area contributed by atoms with Gasteiger partial charge >= 0.3 is 11.9 Å². The van der Waals surface area contributed by atoms with E-state index in [0.717, 1.165) is 6.42 Å². The Hall–Kier alpha value is -2.59. The monoisotopic (exact) mass is 584 g/mol. The van der Waals surface area contributed by atoms with Crippen molar-refractivity contribution in [2.24, 2.45) is 5.84 Å². The number of aldehydes is 1. The van der Waals surface area contributed by atoms with Crippen LogP contribution in [0.3, 0.4) is 0 Å². The molecule has 3 rings (SSSR count). The topological polar surface area (TPSA) is 114 Å². The van der Waals surface area contributed by atoms with Gasteiger partial charge in [-0.3, -0.25) is 16.1 Å². The minimum absolute atomic E-state index is 0.0501. The quantitative estimate of drug-likeness (QED) is 0.215. The van der Waals surface area contributed by atoms with Gasteiger partial charge in [0.15, 0.2) is 6.29 Å². The van der Waals surface area contributed by atoms with Gasteiger partial charge in [0.25, 0.3) is 0 Å². The standard InChI is InChI=1S/C33H52N4O5/c1-12-13-21(2)25-14-22(20-38)26(28(39)41-24-18-32(7,8)37(35-11)33(9,10)19-24)15-27(25)29(40)42-23-16-30(3,4)36(34)31(5,6)17-23/h14-15,20,23-24,35H,2,12-13,16-19,34H2,1,3-11H3. The average Bonchev–Trinajstić information content (AvgIpc) is 2.84. The van der Waals surface area contributed by atoms with Crippen LogP contribution in [-0.2, 0) is 9.47 Å². The Morgan fingerprint density at radius 1 is 0.881 bits per heavy atom. The second-order valence-electron chi connectivity index (χ2n) is 14.5. The molecule has 0 spiro atoms. The molecule has 0 aromatic heterocycles. The van der Waals surface area contributed by atoms with Crippen molar-refractivity contribution in [1.82, 2.24) is 15.4 Å². The number of nitrogens with zero attached hydrogens (tertiary/aromatic N) is 2. The van der Waals surface area contributed by atoms with Crippen LogP contribution in [0.25, 0.3) is 5.57 Å². The number of nitrogens with one attached hydrogen (secondary N) is 1. The first kappa shape index (κ1) is 33.9. The second kappa shape index (κ2) is 12.2. The summed E-state index contributed by atoms with van der Waals surface area (Å²) < 4.78 is 12.1. The number of allylic oxidation sites excluding steroid dienone is 1. The third-order valence-corrected chi connectivity index (χ3v) is 8.88. The molecule has 9 heteroatoms. The third kappa shape index (κ3) is 6.96. The highest BCUT2D eigenvalue weighted by Crippen LogP contribution is 2.39. The van der Waals surface area contributed by atoms with Gasteiger partial charge in [-0.1, -0.05) is 19.9 Å². The molecule has 1 aromatic carbocycles. The van der Waals surface area contributed by atoms with Crippen molar-refractivity contribution in [1.29, 1.82) is 0 Å². The van der Waals surface area contributed by atoms with Crippen LogP contribution in [0.1, 0.15) is 137 Å². The van der Waals surface area contributed by atoms with Crippen molar-refractivity contribution in [2.45, 2.75) is 135 Å². The zero-order chi connectivity index (χ0) is 31.8. The number of ether oxygens (including phenoxy) is 2. The fourth-order valence-corrected chi connectivity index (χ4v) is 7.38. The van der Waals surface area contributed by atoms with Crippen LogP contribution in [0, 0.1) is 0 Å². The molecule has 0 unspecified atom stereocenters. The van der Waals surface area contributed by atoms with Gasteiger partial charge in [0.05, 0.1) is 11.1 Å². The normalized spacial score (nSPS) is 22.4. The predicted molar refractivity (Wildman–Crippen MR) is 166 cm³/mol. The van der Waals surface area contributed by atoms with E-state index in [1.807, 2.05) is 46.7 Å². The maximum absolute atomic E-state index is 13.8. The third-order valence-electron chi connectivity index (χ3n) is 8.88. The Bertz CT molecular complexity index is 1180. The first-order valence-corrected chi connectivity index (χ1v) is 15.1. The summed E-state index contributed by atoms with van der Waals surface area (Å²) in [6, 6.07) is 3.03. The van der Waals surface area contributed by atoms with Gasteiger partial charge in [-0.15, -0.1) is 0 Å². The Morgan fingerprint density at radius 2 is 1.33 bits per heavy atom. The van der Waals surface area contributed by atoms with Gasteiger partial charge in [-0.25, -0.2) is 19.6 Å². The van der Waals surface area contributed by atoms with Crippen molar-refractivity contribution >= 4 is 23.8 Å². The zero-order valence-electron chi connectivity index (χ0n) is 27.3. The smallest absolute Gasteiger partial charge is 0.339 e. The molecule has 2 heterocycles. The van der Waals surface area contributed by atoms with E-state index in [2.05, 4.69) is 44.7 Å². The molecule has 9 nitrogen and oxygen atoms in total.